The van der Waals surface area contributed by atoms with Crippen LogP contribution in [0.4, 0.5) is 10.2 Å². The number of nitrogen functional groups attached to an aromatic ring is 1. The lowest BCUT2D eigenvalue weighted by molar-refractivity contribution is 0.0927. The molecule has 26 heavy (non-hydrogen) atoms. The van der Waals surface area contributed by atoms with Crippen LogP contribution in [0.5, 0.6) is 0 Å². The van der Waals surface area contributed by atoms with Crippen molar-refractivity contribution in [3.8, 4) is 11.6 Å². The highest BCUT2D eigenvalue weighted by molar-refractivity contribution is 5.97. The first-order valence-electron chi connectivity index (χ1n) is 7.98. The molecule has 1 aliphatic rings. The van der Waals surface area contributed by atoms with E-state index in [2.05, 4.69) is 25.3 Å². The smallest absolute Gasteiger partial charge is 0.274 e. The van der Waals surface area contributed by atoms with E-state index < -0.39 is 18.1 Å². The number of pyridine rings is 1. The second kappa shape index (κ2) is 6.17. The Labute approximate surface area is 147 Å². The number of amides is 1. The van der Waals surface area contributed by atoms with Crippen molar-refractivity contribution in [1.29, 1.82) is 0 Å². The summed E-state index contributed by atoms with van der Waals surface area (Å²) in [6.07, 6.45) is 3.41. The topological polar surface area (TPSA) is 120 Å². The van der Waals surface area contributed by atoms with E-state index >= 15 is 0 Å². The summed E-state index contributed by atoms with van der Waals surface area (Å²) in [6, 6.07) is 2.80. The van der Waals surface area contributed by atoms with Gasteiger partial charge in [0.2, 0.25) is 5.89 Å². The van der Waals surface area contributed by atoms with Gasteiger partial charge in [-0.3, -0.25) is 9.78 Å². The number of nitrogens with two attached hydrogens (primary N) is 1. The van der Waals surface area contributed by atoms with Gasteiger partial charge in [0.1, 0.15) is 18.1 Å². The van der Waals surface area contributed by atoms with Crippen molar-refractivity contribution in [2.24, 2.45) is 0 Å². The number of halogens is 1. The van der Waals surface area contributed by atoms with Crippen LogP contribution in [0.3, 0.4) is 0 Å². The summed E-state index contributed by atoms with van der Waals surface area (Å²) >= 11 is 0. The number of aromatic nitrogens is 4. The minimum Gasteiger partial charge on any atom is -0.443 e. The van der Waals surface area contributed by atoms with Crippen molar-refractivity contribution < 1.29 is 13.6 Å². The molecule has 1 aliphatic carbocycles. The van der Waals surface area contributed by atoms with Crippen LogP contribution in [-0.4, -0.2) is 25.8 Å². The van der Waals surface area contributed by atoms with E-state index in [4.69, 9.17) is 10.2 Å². The maximum atomic E-state index is 14.1. The first-order valence-corrected chi connectivity index (χ1v) is 7.98. The molecule has 0 unspecified atom stereocenters. The predicted octanol–water partition coefficient (Wildman–Crippen LogP) is 2.30. The number of oxazole rings is 1. The number of fused-ring (bicyclic) bond motifs is 1. The van der Waals surface area contributed by atoms with Crippen LogP contribution in [0.2, 0.25) is 0 Å². The maximum Gasteiger partial charge on any atom is 0.274 e. The fourth-order valence-electron chi connectivity index (χ4n) is 3.03. The number of carbonyl (C=O) groups is 1. The van der Waals surface area contributed by atoms with Crippen LogP contribution < -0.4 is 11.1 Å². The van der Waals surface area contributed by atoms with Gasteiger partial charge in [-0.1, -0.05) is 6.07 Å². The van der Waals surface area contributed by atoms with Crippen molar-refractivity contribution >= 4 is 11.7 Å². The van der Waals surface area contributed by atoms with Crippen molar-refractivity contribution in [1.82, 2.24) is 25.3 Å². The third kappa shape index (κ3) is 2.67. The lowest BCUT2D eigenvalue weighted by Crippen LogP contribution is -2.29. The summed E-state index contributed by atoms with van der Waals surface area (Å²) in [5.41, 5.74) is 7.69. The van der Waals surface area contributed by atoms with Crippen molar-refractivity contribution in [2.45, 2.75) is 25.6 Å². The molecular weight excluding hydrogens is 339 g/mol. The molecule has 0 aromatic carbocycles. The molecule has 3 aromatic heterocycles. The number of hydrogen-bond donors (Lipinski definition) is 2. The molecule has 0 saturated carbocycles. The average molecular weight is 354 g/mol. The number of carbonyl (C=O) groups excluding carboxylic acids is 1. The fourth-order valence-corrected chi connectivity index (χ4v) is 3.03. The van der Waals surface area contributed by atoms with Gasteiger partial charge in [-0.15, -0.1) is 0 Å². The Kier molecular flexibility index (Phi) is 3.83. The molecule has 2 atom stereocenters. The third-order valence-electron chi connectivity index (χ3n) is 4.23. The molecule has 0 spiro atoms. The normalized spacial score (nSPS) is 18.5. The second-order valence-corrected chi connectivity index (χ2v) is 5.94. The summed E-state index contributed by atoms with van der Waals surface area (Å²) in [5.74, 6) is -0.326. The molecule has 3 heterocycles. The van der Waals surface area contributed by atoms with Crippen LogP contribution in [0, 0.1) is 6.92 Å². The minimum atomic E-state index is -1.17. The van der Waals surface area contributed by atoms with Crippen molar-refractivity contribution in [2.75, 3.05) is 5.73 Å². The minimum absolute atomic E-state index is 0.0300. The maximum absolute atomic E-state index is 14.1. The Balaban J connectivity index is 1.61. The Morgan fingerprint density at radius 3 is 2.96 bits per heavy atom. The number of anilines is 1. The highest BCUT2D eigenvalue weighted by Gasteiger charge is 2.34. The van der Waals surface area contributed by atoms with Crippen LogP contribution in [0.25, 0.3) is 11.6 Å². The largest absolute Gasteiger partial charge is 0.443 e. The van der Waals surface area contributed by atoms with Gasteiger partial charge in [0.05, 0.1) is 23.6 Å². The molecule has 8 nitrogen and oxygen atoms in total. The van der Waals surface area contributed by atoms with Crippen molar-refractivity contribution in [3.63, 3.8) is 0 Å². The number of rotatable bonds is 3. The molecular formula is C17H15FN6O2. The number of hydrogen-bond acceptors (Lipinski definition) is 7. The molecule has 3 N–H and O–H groups in total. The molecule has 4 rings (SSSR count). The quantitative estimate of drug-likeness (QED) is 0.740. The number of nitrogens with one attached hydrogen (secondary N) is 1. The van der Waals surface area contributed by atoms with Crippen molar-refractivity contribution in [3.05, 3.63) is 53.4 Å². The van der Waals surface area contributed by atoms with E-state index in [1.54, 1.807) is 25.3 Å². The third-order valence-corrected chi connectivity index (χ3v) is 4.23. The Hall–Kier alpha value is -3.36. The molecule has 0 aliphatic heterocycles. The summed E-state index contributed by atoms with van der Waals surface area (Å²) in [4.78, 5) is 29.2. The van der Waals surface area contributed by atoms with E-state index in [9.17, 15) is 9.18 Å². The van der Waals surface area contributed by atoms with E-state index in [1.807, 2.05) is 0 Å². The highest BCUT2D eigenvalue weighted by atomic mass is 19.1. The summed E-state index contributed by atoms with van der Waals surface area (Å²) in [5, 5.41) is 2.74. The van der Waals surface area contributed by atoms with Crippen LogP contribution in [0.1, 0.15) is 46.1 Å². The Morgan fingerprint density at radius 2 is 2.19 bits per heavy atom. The zero-order valence-corrected chi connectivity index (χ0v) is 13.8. The van der Waals surface area contributed by atoms with Gasteiger partial charge in [-0.2, -0.15) is 0 Å². The highest BCUT2D eigenvalue weighted by Crippen LogP contribution is 2.39. The van der Waals surface area contributed by atoms with Gasteiger partial charge >= 0.3 is 0 Å². The second-order valence-electron chi connectivity index (χ2n) is 5.94. The monoisotopic (exact) mass is 354 g/mol. The summed E-state index contributed by atoms with van der Waals surface area (Å²) < 4.78 is 19.3. The number of alkyl halides is 1. The molecule has 0 radical (unpaired) electrons. The number of nitrogens with zero attached hydrogens (tertiary/aromatic N) is 4. The van der Waals surface area contributed by atoms with Gasteiger partial charge in [0, 0.05) is 18.2 Å². The Bertz CT molecular complexity index is 975. The summed E-state index contributed by atoms with van der Waals surface area (Å²) in [6.45, 7) is 1.67. The van der Waals surface area contributed by atoms with E-state index in [0.29, 0.717) is 22.6 Å². The molecule has 9 heteroatoms. The molecule has 0 bridgehead atoms. The van der Waals surface area contributed by atoms with E-state index in [1.165, 1.54) is 12.5 Å². The van der Waals surface area contributed by atoms with Gasteiger partial charge in [0.25, 0.3) is 5.91 Å². The van der Waals surface area contributed by atoms with Crippen LogP contribution in [-0.2, 0) is 0 Å². The van der Waals surface area contributed by atoms with Gasteiger partial charge in [-0.25, -0.2) is 19.3 Å². The van der Waals surface area contributed by atoms with E-state index in [0.717, 1.165) is 0 Å². The first-order chi connectivity index (χ1) is 12.5. The standard InChI is InChI=1S/C17H15FN6O2/c1-8-12(17-21-5-6-26-17)24-15(19)14(22-8)16(25)23-11-7-10(18)9-3-2-4-20-13(9)11/h2-6,10-11H,7H2,1H3,(H2,19,24)(H,23,25)/t10-,11+/m0/s1. The fraction of sp³-hybridized carbons (Fsp3) is 0.235. The van der Waals surface area contributed by atoms with E-state index in [-0.39, 0.29) is 23.8 Å². The van der Waals surface area contributed by atoms with Crippen LogP contribution in [0.15, 0.2) is 35.2 Å². The zero-order valence-electron chi connectivity index (χ0n) is 13.8. The molecule has 1 amide bonds. The SMILES string of the molecule is Cc1nc(C(=O)N[C@@H]2C[C@H](F)c3cccnc32)c(N)nc1-c1ncco1. The lowest BCUT2D eigenvalue weighted by atomic mass is 10.2. The molecule has 132 valence electrons. The lowest BCUT2D eigenvalue weighted by Gasteiger charge is -2.14. The van der Waals surface area contributed by atoms with Gasteiger partial charge in [-0.05, 0) is 13.0 Å². The number of aryl methyl sites for hydroxylation is 1. The predicted molar refractivity (Wildman–Crippen MR) is 89.6 cm³/mol. The Morgan fingerprint density at radius 1 is 1.35 bits per heavy atom. The van der Waals surface area contributed by atoms with Gasteiger partial charge < -0.3 is 15.5 Å². The molecule has 0 fully saturated rings. The summed E-state index contributed by atoms with van der Waals surface area (Å²) in [7, 11) is 0. The zero-order chi connectivity index (χ0) is 18.3. The van der Waals surface area contributed by atoms with Gasteiger partial charge in [0.15, 0.2) is 11.5 Å². The van der Waals surface area contributed by atoms with Crippen LogP contribution >= 0.6 is 0 Å². The average Bonchev–Trinajstić information content (AvgIpc) is 3.26. The molecule has 3 aromatic rings. The first kappa shape index (κ1) is 16.1. The molecule has 0 saturated heterocycles.